The second-order valence-corrected chi connectivity index (χ2v) is 2.76. The summed E-state index contributed by atoms with van der Waals surface area (Å²) < 4.78 is 0. The maximum Gasteiger partial charge on any atom is 0.244 e. The molecule has 4 N–H and O–H groups in total. The van der Waals surface area contributed by atoms with E-state index >= 15 is 0 Å². The van der Waals surface area contributed by atoms with Crippen molar-refractivity contribution in [1.82, 2.24) is 10.6 Å². The second-order valence-electron chi connectivity index (χ2n) is 2.76. The SMILES string of the molecule is NCC1NC(=O)C(CC=O)NC1=O. The largest absolute Gasteiger partial charge is 0.342 e. The van der Waals surface area contributed by atoms with Gasteiger partial charge in [-0.2, -0.15) is 0 Å². The molecule has 13 heavy (non-hydrogen) atoms. The van der Waals surface area contributed by atoms with Crippen molar-refractivity contribution >= 4 is 18.1 Å². The number of nitrogens with two attached hydrogens (primary N) is 1. The van der Waals surface area contributed by atoms with Crippen LogP contribution in [0.4, 0.5) is 0 Å². The molecule has 1 heterocycles. The molecule has 6 nitrogen and oxygen atoms in total. The summed E-state index contributed by atoms with van der Waals surface area (Å²) in [7, 11) is 0. The molecule has 0 saturated carbocycles. The van der Waals surface area contributed by atoms with Gasteiger partial charge in [0.05, 0.1) is 0 Å². The van der Waals surface area contributed by atoms with Crippen LogP contribution in [0, 0.1) is 0 Å². The van der Waals surface area contributed by atoms with Gasteiger partial charge in [0.25, 0.3) is 0 Å². The Kier molecular flexibility index (Phi) is 2.97. The Bertz CT molecular complexity index is 241. The minimum absolute atomic E-state index is 0.00509. The third-order valence-corrected chi connectivity index (χ3v) is 1.83. The monoisotopic (exact) mass is 185 g/mol. The summed E-state index contributed by atoms with van der Waals surface area (Å²) in [6, 6.07) is -1.41. The smallest absolute Gasteiger partial charge is 0.244 e. The highest BCUT2D eigenvalue weighted by Gasteiger charge is 2.32. The average molecular weight is 185 g/mol. The number of aldehydes is 1. The Balaban J connectivity index is 2.61. The first-order valence-electron chi connectivity index (χ1n) is 3.93. The highest BCUT2D eigenvalue weighted by molar-refractivity contribution is 5.97. The highest BCUT2D eigenvalue weighted by atomic mass is 16.2. The van der Waals surface area contributed by atoms with Crippen molar-refractivity contribution < 1.29 is 14.4 Å². The van der Waals surface area contributed by atoms with Crippen LogP contribution in [0.25, 0.3) is 0 Å². The van der Waals surface area contributed by atoms with Gasteiger partial charge >= 0.3 is 0 Å². The van der Waals surface area contributed by atoms with Gasteiger partial charge in [-0.15, -0.1) is 0 Å². The first-order valence-corrected chi connectivity index (χ1v) is 3.93. The highest BCUT2D eigenvalue weighted by Crippen LogP contribution is 1.98. The van der Waals surface area contributed by atoms with Crippen LogP contribution < -0.4 is 16.4 Å². The summed E-state index contributed by atoms with van der Waals surface area (Å²) in [5.41, 5.74) is 5.23. The number of hydrogen-bond donors (Lipinski definition) is 3. The summed E-state index contributed by atoms with van der Waals surface area (Å²) >= 11 is 0. The lowest BCUT2D eigenvalue weighted by Crippen LogP contribution is -2.63. The second kappa shape index (κ2) is 3.99. The average Bonchev–Trinajstić information content (AvgIpc) is 2.11. The topological polar surface area (TPSA) is 101 Å². The van der Waals surface area contributed by atoms with E-state index in [-0.39, 0.29) is 24.8 Å². The Morgan fingerprint density at radius 3 is 2.31 bits per heavy atom. The fourth-order valence-corrected chi connectivity index (χ4v) is 1.10. The number of carbonyl (C=O) groups is 3. The number of amides is 2. The van der Waals surface area contributed by atoms with Crippen LogP contribution in [0.2, 0.25) is 0 Å². The number of rotatable bonds is 3. The molecule has 0 bridgehead atoms. The van der Waals surface area contributed by atoms with Crippen molar-refractivity contribution in [2.45, 2.75) is 18.5 Å². The lowest BCUT2D eigenvalue weighted by atomic mass is 10.1. The maximum atomic E-state index is 11.2. The van der Waals surface area contributed by atoms with Crippen molar-refractivity contribution in [3.05, 3.63) is 0 Å². The Morgan fingerprint density at radius 2 is 1.77 bits per heavy atom. The van der Waals surface area contributed by atoms with Gasteiger partial charge in [-0.3, -0.25) is 9.59 Å². The van der Waals surface area contributed by atoms with Crippen LogP contribution in [-0.4, -0.2) is 36.7 Å². The molecular formula is C7H11N3O3. The van der Waals surface area contributed by atoms with Gasteiger partial charge in [0.1, 0.15) is 18.4 Å². The summed E-state index contributed by atoms with van der Waals surface area (Å²) in [4.78, 5) is 32.4. The summed E-state index contributed by atoms with van der Waals surface area (Å²) in [6.45, 7) is 0.0609. The standard InChI is InChI=1S/C7H11N3O3/c8-3-5-7(13)9-4(1-2-11)6(12)10-5/h2,4-5H,1,3,8H2,(H,9,13)(H,10,12). The first kappa shape index (κ1) is 9.66. The molecule has 1 fully saturated rings. The molecule has 6 heteroatoms. The molecular weight excluding hydrogens is 174 g/mol. The molecule has 0 spiro atoms. The maximum absolute atomic E-state index is 11.2. The molecule has 0 aliphatic carbocycles. The van der Waals surface area contributed by atoms with E-state index in [0.29, 0.717) is 6.29 Å². The normalized spacial score (nSPS) is 27.8. The van der Waals surface area contributed by atoms with E-state index in [1.807, 2.05) is 0 Å². The van der Waals surface area contributed by atoms with Crippen molar-refractivity contribution in [2.24, 2.45) is 5.73 Å². The van der Waals surface area contributed by atoms with Gasteiger partial charge < -0.3 is 21.2 Å². The van der Waals surface area contributed by atoms with E-state index < -0.39 is 12.1 Å². The fraction of sp³-hybridized carbons (Fsp3) is 0.571. The third-order valence-electron chi connectivity index (χ3n) is 1.83. The van der Waals surface area contributed by atoms with Gasteiger partial charge in [-0.05, 0) is 0 Å². The lowest BCUT2D eigenvalue weighted by molar-refractivity contribution is -0.137. The fourth-order valence-electron chi connectivity index (χ4n) is 1.10. The van der Waals surface area contributed by atoms with Gasteiger partial charge in [0, 0.05) is 13.0 Å². The predicted octanol–water partition coefficient (Wildman–Crippen LogP) is -2.48. The third kappa shape index (κ3) is 2.03. The minimum Gasteiger partial charge on any atom is -0.342 e. The number of carbonyl (C=O) groups excluding carboxylic acids is 3. The van der Waals surface area contributed by atoms with E-state index in [4.69, 9.17) is 5.73 Å². The first-order chi connectivity index (χ1) is 6.19. The molecule has 2 amide bonds. The van der Waals surface area contributed by atoms with Crippen LogP contribution in [0.3, 0.4) is 0 Å². The van der Waals surface area contributed by atoms with Gasteiger partial charge in [-0.25, -0.2) is 0 Å². The van der Waals surface area contributed by atoms with Crippen LogP contribution in [0.1, 0.15) is 6.42 Å². The number of piperazine rings is 1. The van der Waals surface area contributed by atoms with Crippen LogP contribution >= 0.6 is 0 Å². The predicted molar refractivity (Wildman–Crippen MR) is 43.6 cm³/mol. The minimum atomic E-state index is -0.743. The van der Waals surface area contributed by atoms with E-state index in [2.05, 4.69) is 10.6 Å². The van der Waals surface area contributed by atoms with Crippen molar-refractivity contribution in [1.29, 1.82) is 0 Å². The van der Waals surface area contributed by atoms with E-state index in [9.17, 15) is 14.4 Å². The summed E-state index contributed by atoms with van der Waals surface area (Å²) in [5.74, 6) is -0.698. The van der Waals surface area contributed by atoms with Gasteiger partial charge in [-0.1, -0.05) is 0 Å². The molecule has 0 aromatic rings. The molecule has 1 aliphatic heterocycles. The molecule has 1 saturated heterocycles. The zero-order chi connectivity index (χ0) is 9.84. The molecule has 1 rings (SSSR count). The van der Waals surface area contributed by atoms with E-state index in [1.54, 1.807) is 0 Å². The van der Waals surface area contributed by atoms with Crippen molar-refractivity contribution in [3.8, 4) is 0 Å². The summed E-state index contributed by atoms with van der Waals surface area (Å²) in [6.07, 6.45) is 0.585. The van der Waals surface area contributed by atoms with Crippen LogP contribution in [0.15, 0.2) is 0 Å². The molecule has 0 aromatic carbocycles. The van der Waals surface area contributed by atoms with Crippen LogP contribution in [-0.2, 0) is 14.4 Å². The van der Waals surface area contributed by atoms with Crippen molar-refractivity contribution in [2.75, 3.05) is 6.54 Å². The number of hydrogen-bond acceptors (Lipinski definition) is 4. The zero-order valence-corrected chi connectivity index (χ0v) is 6.95. The van der Waals surface area contributed by atoms with Gasteiger partial charge in [0.15, 0.2) is 0 Å². The summed E-state index contributed by atoms with van der Waals surface area (Å²) in [5, 5.41) is 4.82. The Hall–Kier alpha value is -1.43. The van der Waals surface area contributed by atoms with E-state index in [1.165, 1.54) is 0 Å². The molecule has 72 valence electrons. The zero-order valence-electron chi connectivity index (χ0n) is 6.95. The molecule has 0 aromatic heterocycles. The quantitative estimate of drug-likeness (QED) is 0.423. The molecule has 1 aliphatic rings. The molecule has 2 unspecified atom stereocenters. The Labute approximate surface area is 74.8 Å². The molecule has 0 radical (unpaired) electrons. The van der Waals surface area contributed by atoms with E-state index in [0.717, 1.165) is 0 Å². The lowest BCUT2D eigenvalue weighted by Gasteiger charge is -2.27. The van der Waals surface area contributed by atoms with Gasteiger partial charge in [0.2, 0.25) is 11.8 Å². The number of nitrogens with one attached hydrogen (secondary N) is 2. The van der Waals surface area contributed by atoms with Crippen molar-refractivity contribution in [3.63, 3.8) is 0 Å². The molecule has 2 atom stereocenters. The van der Waals surface area contributed by atoms with Crippen LogP contribution in [0.5, 0.6) is 0 Å². The Morgan fingerprint density at radius 1 is 1.23 bits per heavy atom.